The minimum Gasteiger partial charge on any atom is -0.293 e. The molecule has 1 rings (SSSR count). The Morgan fingerprint density at radius 2 is 2.21 bits per heavy atom. The molecule has 1 atom stereocenters. The van der Waals surface area contributed by atoms with Crippen molar-refractivity contribution in [2.75, 3.05) is 0 Å². The standard InChI is InChI=1S/C10H9Br2ClO/c1-6(11)10(14)7-2-3-9(12)8(4-7)5-13/h2-4,6H,5H2,1H3. The molecule has 1 aromatic rings. The van der Waals surface area contributed by atoms with E-state index in [4.69, 9.17) is 11.6 Å². The van der Waals surface area contributed by atoms with Gasteiger partial charge < -0.3 is 0 Å². The largest absolute Gasteiger partial charge is 0.293 e. The van der Waals surface area contributed by atoms with Gasteiger partial charge in [0.15, 0.2) is 5.78 Å². The lowest BCUT2D eigenvalue weighted by Gasteiger charge is -2.06. The van der Waals surface area contributed by atoms with Crippen LogP contribution in [-0.4, -0.2) is 10.6 Å². The van der Waals surface area contributed by atoms with Crippen molar-refractivity contribution in [3.05, 3.63) is 33.8 Å². The molecule has 0 radical (unpaired) electrons. The lowest BCUT2D eigenvalue weighted by Crippen LogP contribution is -2.10. The van der Waals surface area contributed by atoms with Gasteiger partial charge in [0.25, 0.3) is 0 Å². The van der Waals surface area contributed by atoms with Gasteiger partial charge in [0.05, 0.1) is 4.83 Å². The Labute approximate surface area is 105 Å². The van der Waals surface area contributed by atoms with Crippen molar-refractivity contribution in [3.8, 4) is 0 Å². The van der Waals surface area contributed by atoms with E-state index in [1.54, 1.807) is 6.07 Å². The molecule has 0 aliphatic carbocycles. The van der Waals surface area contributed by atoms with Crippen LogP contribution in [0, 0.1) is 0 Å². The van der Waals surface area contributed by atoms with Crippen molar-refractivity contribution in [1.29, 1.82) is 0 Å². The van der Waals surface area contributed by atoms with Gasteiger partial charge in [-0.1, -0.05) is 37.9 Å². The highest BCUT2D eigenvalue weighted by atomic mass is 79.9. The molecule has 0 N–H and O–H groups in total. The lowest BCUT2D eigenvalue weighted by atomic mass is 10.1. The molecule has 1 nitrogen and oxygen atoms in total. The number of carbonyl (C=O) groups excluding carboxylic acids is 1. The number of Topliss-reactive ketones (excluding diaryl/α,β-unsaturated/α-hetero) is 1. The van der Waals surface area contributed by atoms with Crippen LogP contribution in [0.1, 0.15) is 22.8 Å². The average molecular weight is 340 g/mol. The molecule has 1 unspecified atom stereocenters. The van der Waals surface area contributed by atoms with Crippen LogP contribution in [0.15, 0.2) is 22.7 Å². The van der Waals surface area contributed by atoms with E-state index in [9.17, 15) is 4.79 Å². The van der Waals surface area contributed by atoms with Crippen LogP contribution in [0.4, 0.5) is 0 Å². The minimum atomic E-state index is -0.160. The number of halogens is 3. The second-order valence-corrected chi connectivity index (χ2v) is 5.42. The molecular weight excluding hydrogens is 331 g/mol. The molecule has 0 heterocycles. The van der Waals surface area contributed by atoms with Crippen molar-refractivity contribution in [3.63, 3.8) is 0 Å². The number of ketones is 1. The Bertz CT molecular complexity index is 350. The van der Waals surface area contributed by atoms with Gasteiger partial charge in [-0.25, -0.2) is 0 Å². The molecular formula is C10H9Br2ClO. The predicted octanol–water partition coefficient (Wildman–Crippen LogP) is 4.15. The second-order valence-electron chi connectivity index (χ2n) is 2.92. The number of alkyl halides is 2. The first-order valence-corrected chi connectivity index (χ1v) is 6.33. The summed E-state index contributed by atoms with van der Waals surface area (Å²) in [7, 11) is 0. The molecule has 0 bridgehead atoms. The molecule has 0 aliphatic rings. The van der Waals surface area contributed by atoms with Gasteiger partial charge in [-0.2, -0.15) is 0 Å². The van der Waals surface area contributed by atoms with E-state index < -0.39 is 0 Å². The Hall–Kier alpha value is 0.140. The number of benzene rings is 1. The maximum Gasteiger partial charge on any atom is 0.176 e. The van der Waals surface area contributed by atoms with Crippen LogP contribution in [0.5, 0.6) is 0 Å². The molecule has 0 amide bonds. The van der Waals surface area contributed by atoms with Crippen molar-refractivity contribution in [2.45, 2.75) is 17.6 Å². The van der Waals surface area contributed by atoms with Crippen molar-refractivity contribution < 1.29 is 4.79 Å². The van der Waals surface area contributed by atoms with Crippen molar-refractivity contribution in [2.24, 2.45) is 0 Å². The van der Waals surface area contributed by atoms with Gasteiger partial charge in [0.2, 0.25) is 0 Å². The molecule has 76 valence electrons. The highest BCUT2D eigenvalue weighted by Gasteiger charge is 2.12. The van der Waals surface area contributed by atoms with Gasteiger partial charge in [-0.3, -0.25) is 4.79 Å². The van der Waals surface area contributed by atoms with Gasteiger partial charge in [0.1, 0.15) is 0 Å². The topological polar surface area (TPSA) is 17.1 Å². The van der Waals surface area contributed by atoms with E-state index in [-0.39, 0.29) is 10.6 Å². The fourth-order valence-corrected chi connectivity index (χ4v) is 2.09. The zero-order valence-electron chi connectivity index (χ0n) is 7.56. The first-order chi connectivity index (χ1) is 6.56. The molecule has 0 spiro atoms. The third-order valence-corrected chi connectivity index (χ3v) is 3.31. The first-order valence-electron chi connectivity index (χ1n) is 4.09. The zero-order chi connectivity index (χ0) is 10.7. The highest BCUT2D eigenvalue weighted by Crippen LogP contribution is 2.21. The van der Waals surface area contributed by atoms with E-state index in [2.05, 4.69) is 31.9 Å². The van der Waals surface area contributed by atoms with E-state index in [1.165, 1.54) is 0 Å². The number of hydrogen-bond acceptors (Lipinski definition) is 1. The maximum atomic E-state index is 11.6. The van der Waals surface area contributed by atoms with Crippen molar-refractivity contribution in [1.82, 2.24) is 0 Å². The lowest BCUT2D eigenvalue weighted by molar-refractivity contribution is 0.0996. The summed E-state index contributed by atoms with van der Waals surface area (Å²) in [6, 6.07) is 5.46. The molecule has 0 saturated heterocycles. The number of rotatable bonds is 3. The van der Waals surface area contributed by atoms with Crippen LogP contribution >= 0.6 is 43.5 Å². The molecule has 0 aromatic heterocycles. The van der Waals surface area contributed by atoms with Gasteiger partial charge in [-0.15, -0.1) is 11.6 Å². The SMILES string of the molecule is CC(Br)C(=O)c1ccc(Br)c(CCl)c1. The summed E-state index contributed by atoms with van der Waals surface area (Å²) < 4.78 is 0.936. The zero-order valence-corrected chi connectivity index (χ0v) is 11.5. The van der Waals surface area contributed by atoms with E-state index in [1.807, 2.05) is 19.1 Å². The Morgan fingerprint density at radius 3 is 2.71 bits per heavy atom. The van der Waals surface area contributed by atoms with Gasteiger partial charge in [0, 0.05) is 15.9 Å². The van der Waals surface area contributed by atoms with Crippen LogP contribution in [-0.2, 0) is 5.88 Å². The monoisotopic (exact) mass is 338 g/mol. The summed E-state index contributed by atoms with van der Waals surface area (Å²) in [5.41, 5.74) is 1.62. The number of carbonyl (C=O) groups is 1. The summed E-state index contributed by atoms with van der Waals surface area (Å²) >= 11 is 12.4. The molecule has 0 aliphatic heterocycles. The average Bonchev–Trinajstić information content (AvgIpc) is 2.17. The fraction of sp³-hybridized carbons (Fsp3) is 0.300. The molecule has 0 saturated carbocycles. The first kappa shape index (κ1) is 12.2. The van der Waals surface area contributed by atoms with E-state index in [0.29, 0.717) is 11.4 Å². The van der Waals surface area contributed by atoms with Gasteiger partial charge >= 0.3 is 0 Å². The Balaban J connectivity index is 3.06. The summed E-state index contributed by atoms with van der Waals surface area (Å²) in [5.74, 6) is 0.474. The summed E-state index contributed by atoms with van der Waals surface area (Å²) in [4.78, 5) is 11.5. The van der Waals surface area contributed by atoms with Gasteiger partial charge in [-0.05, 0) is 24.6 Å². The fourth-order valence-electron chi connectivity index (χ4n) is 1.06. The third kappa shape index (κ3) is 2.81. The summed E-state index contributed by atoms with van der Waals surface area (Å²) in [6.07, 6.45) is 0. The smallest absolute Gasteiger partial charge is 0.176 e. The summed E-state index contributed by atoms with van der Waals surface area (Å²) in [6.45, 7) is 1.81. The van der Waals surface area contributed by atoms with Crippen LogP contribution < -0.4 is 0 Å². The summed E-state index contributed by atoms with van der Waals surface area (Å²) in [5, 5.41) is 0. The minimum absolute atomic E-state index is 0.0730. The van der Waals surface area contributed by atoms with E-state index >= 15 is 0 Å². The third-order valence-electron chi connectivity index (χ3n) is 1.84. The Kier molecular flexibility index (Phi) is 4.61. The van der Waals surface area contributed by atoms with Crippen LogP contribution in [0.2, 0.25) is 0 Å². The second kappa shape index (κ2) is 5.29. The molecule has 0 fully saturated rings. The van der Waals surface area contributed by atoms with Crippen LogP contribution in [0.25, 0.3) is 0 Å². The number of hydrogen-bond donors (Lipinski definition) is 0. The molecule has 4 heteroatoms. The highest BCUT2D eigenvalue weighted by molar-refractivity contribution is 9.10. The Morgan fingerprint density at radius 1 is 1.57 bits per heavy atom. The maximum absolute atomic E-state index is 11.6. The van der Waals surface area contributed by atoms with Crippen LogP contribution in [0.3, 0.4) is 0 Å². The quantitative estimate of drug-likeness (QED) is 0.597. The molecule has 14 heavy (non-hydrogen) atoms. The normalized spacial score (nSPS) is 12.6. The predicted molar refractivity (Wildman–Crippen MR) is 66.4 cm³/mol. The van der Waals surface area contributed by atoms with E-state index in [0.717, 1.165) is 10.0 Å². The van der Waals surface area contributed by atoms with Crippen molar-refractivity contribution >= 4 is 49.2 Å². The molecule has 1 aromatic carbocycles.